The Morgan fingerprint density at radius 1 is 0.863 bits per heavy atom. The number of phosphoric acid groups is 3. The number of hydrogen-bond acceptors (Lipinski definition) is 12. The number of aromatic amines is 1. The Labute approximate surface area is 295 Å². The van der Waals surface area contributed by atoms with Crippen LogP contribution in [0.4, 0.5) is 0 Å². The maximum atomic E-state index is 12.8. The van der Waals surface area contributed by atoms with Gasteiger partial charge in [0.15, 0.2) is 17.4 Å². The van der Waals surface area contributed by atoms with Crippen LogP contribution in [-0.2, 0) is 31.6 Å². The van der Waals surface area contributed by atoms with Crippen LogP contribution in [0.3, 0.4) is 0 Å². The Morgan fingerprint density at radius 2 is 1.43 bits per heavy atom. The molecule has 3 heterocycles. The first-order valence-corrected chi connectivity index (χ1v) is 20.5. The third-order valence-electron chi connectivity index (χ3n) is 7.82. The number of nitrogens with zero attached hydrogens (tertiary/aromatic N) is 3. The van der Waals surface area contributed by atoms with Crippen molar-refractivity contribution in [3.63, 3.8) is 0 Å². The zero-order valence-corrected chi connectivity index (χ0v) is 31.6. The molecule has 286 valence electrons. The molecule has 21 heteroatoms. The summed E-state index contributed by atoms with van der Waals surface area (Å²) in [6.45, 7) is 10.1. The molecule has 7 atom stereocenters. The fourth-order valence-corrected chi connectivity index (χ4v) is 8.49. The number of rotatable bonds is 19. The highest BCUT2D eigenvalue weighted by atomic mass is 31.3. The van der Waals surface area contributed by atoms with Gasteiger partial charge in [0.1, 0.15) is 24.4 Å². The second kappa shape index (κ2) is 18.6. The number of nitrogens with one attached hydrogen (secondary N) is 1. The van der Waals surface area contributed by atoms with E-state index < -0.39 is 59.7 Å². The predicted molar refractivity (Wildman–Crippen MR) is 186 cm³/mol. The molecular weight excluding hydrogens is 733 g/mol. The van der Waals surface area contributed by atoms with E-state index in [1.165, 1.54) is 16.7 Å². The Morgan fingerprint density at radius 3 is 2.00 bits per heavy atom. The SMILES string of the molecule is CC(C)=CCC/C(C)=C/CC/C(C)=C/CC/C(C)=C/CC(OP(=O)(O)OP(=O)(O)OP(=O)(O)O)[C@H]1O[C@@H](n2cnc3c(=O)[nH]cnc32)[C@H](O)[C@@H]1O. The summed E-state index contributed by atoms with van der Waals surface area (Å²) in [6, 6.07) is 0. The number of aliphatic hydroxyl groups excluding tert-OH is 2. The van der Waals surface area contributed by atoms with Gasteiger partial charge in [-0.2, -0.15) is 8.62 Å². The lowest BCUT2D eigenvalue weighted by Gasteiger charge is -2.27. The van der Waals surface area contributed by atoms with Crippen LogP contribution in [0.1, 0.15) is 85.8 Å². The van der Waals surface area contributed by atoms with Crippen LogP contribution >= 0.6 is 23.5 Å². The van der Waals surface area contributed by atoms with Gasteiger partial charge < -0.3 is 39.5 Å². The van der Waals surface area contributed by atoms with Crippen LogP contribution < -0.4 is 5.56 Å². The molecule has 51 heavy (non-hydrogen) atoms. The Balaban J connectivity index is 1.75. The van der Waals surface area contributed by atoms with E-state index >= 15 is 0 Å². The number of hydrogen-bond donors (Lipinski definition) is 7. The van der Waals surface area contributed by atoms with Crippen LogP contribution in [0.15, 0.2) is 64.0 Å². The summed E-state index contributed by atoms with van der Waals surface area (Å²) in [7, 11) is -17.2. The van der Waals surface area contributed by atoms with Gasteiger partial charge in [-0.15, -0.1) is 0 Å². The van der Waals surface area contributed by atoms with Gasteiger partial charge in [-0.1, -0.05) is 46.6 Å². The van der Waals surface area contributed by atoms with E-state index in [1.807, 2.05) is 6.92 Å². The van der Waals surface area contributed by atoms with Gasteiger partial charge in [0.25, 0.3) is 5.56 Å². The Bertz CT molecular complexity index is 1830. The van der Waals surface area contributed by atoms with Crippen molar-refractivity contribution < 1.29 is 61.4 Å². The highest BCUT2D eigenvalue weighted by Crippen LogP contribution is 2.67. The van der Waals surface area contributed by atoms with Gasteiger partial charge in [-0.3, -0.25) is 13.9 Å². The summed E-state index contributed by atoms with van der Waals surface area (Å²) in [5.74, 6) is 0. The van der Waals surface area contributed by atoms with Crippen LogP contribution in [0, 0.1) is 0 Å². The monoisotopic (exact) mass is 780 g/mol. The molecule has 7 N–H and O–H groups in total. The molecule has 18 nitrogen and oxygen atoms in total. The molecule has 0 bridgehead atoms. The lowest BCUT2D eigenvalue weighted by atomic mass is 10.0. The van der Waals surface area contributed by atoms with E-state index in [9.17, 15) is 38.5 Å². The highest BCUT2D eigenvalue weighted by molar-refractivity contribution is 7.66. The van der Waals surface area contributed by atoms with Crippen LogP contribution in [0.2, 0.25) is 0 Å². The van der Waals surface area contributed by atoms with Gasteiger partial charge in [0.05, 0.1) is 12.7 Å². The van der Waals surface area contributed by atoms with Gasteiger partial charge in [-0.25, -0.2) is 23.7 Å². The molecule has 1 saturated heterocycles. The first-order valence-electron chi connectivity index (χ1n) is 16.0. The number of ether oxygens (including phenoxy) is 1. The standard InChI is InChI=1S/C30H47N4O14P3/c1-19(2)9-6-10-20(3)11-7-12-21(4)13-8-14-22(5)15-16-23(46-50(41,42)48-51(43,44)47-49(38,39)40)27-25(35)26(36)30(45-27)34-18-33-24-28(34)31-17-32-29(24)37/h9,11,13,15,17-18,23,25-27,30,35-36H,6-8,10,12,14,16H2,1-5H3,(H,41,42)(H,43,44)(H,31,32,37)(H2,38,39,40)/b20-11+,21-13+,22-15+/t23?,25-,26+,27+,30+/m0/s1. The predicted octanol–water partition coefficient (Wildman–Crippen LogP) is 4.99. The Kier molecular flexibility index (Phi) is 15.7. The van der Waals surface area contributed by atoms with Crippen molar-refractivity contribution in [3.05, 3.63) is 69.6 Å². The second-order valence-electron chi connectivity index (χ2n) is 12.5. The van der Waals surface area contributed by atoms with E-state index in [4.69, 9.17) is 19.0 Å². The molecule has 2 aromatic rings. The fraction of sp³-hybridized carbons (Fsp3) is 0.567. The summed E-state index contributed by atoms with van der Waals surface area (Å²) >= 11 is 0. The molecule has 0 amide bonds. The van der Waals surface area contributed by atoms with Crippen molar-refractivity contribution >= 4 is 34.6 Å². The topological polar surface area (TPSA) is 273 Å². The first-order chi connectivity index (χ1) is 23.7. The van der Waals surface area contributed by atoms with E-state index in [-0.39, 0.29) is 17.6 Å². The number of H-pyrrole nitrogens is 1. The van der Waals surface area contributed by atoms with Crippen molar-refractivity contribution in [1.82, 2.24) is 19.5 Å². The molecule has 2 aromatic heterocycles. The lowest BCUT2D eigenvalue weighted by Crippen LogP contribution is -2.39. The van der Waals surface area contributed by atoms with Crippen LogP contribution in [0.25, 0.3) is 11.2 Å². The zero-order chi connectivity index (χ0) is 38.1. The van der Waals surface area contributed by atoms with Crippen molar-refractivity contribution in [3.8, 4) is 0 Å². The molecule has 0 radical (unpaired) electrons. The summed E-state index contributed by atoms with van der Waals surface area (Å²) in [6.07, 6.45) is 7.02. The normalized spacial score (nSPS) is 23.6. The molecule has 1 fully saturated rings. The maximum Gasteiger partial charge on any atom is 0.490 e. The summed E-state index contributed by atoms with van der Waals surface area (Å²) in [5.41, 5.74) is 3.94. The highest BCUT2D eigenvalue weighted by Gasteiger charge is 2.50. The van der Waals surface area contributed by atoms with Gasteiger partial charge in [-0.05, 0) is 79.6 Å². The molecule has 1 aliphatic rings. The molecular formula is C30H47N4O14P3. The average molecular weight is 781 g/mol. The van der Waals surface area contributed by atoms with E-state index in [0.29, 0.717) is 12.8 Å². The lowest BCUT2D eigenvalue weighted by molar-refractivity contribution is -0.0798. The molecule has 0 saturated carbocycles. The van der Waals surface area contributed by atoms with E-state index in [0.717, 1.165) is 48.5 Å². The number of fused-ring (bicyclic) bond motifs is 1. The van der Waals surface area contributed by atoms with Crippen LogP contribution in [-0.4, -0.2) is 73.7 Å². The number of aromatic nitrogens is 4. The van der Waals surface area contributed by atoms with Gasteiger partial charge in [0.2, 0.25) is 0 Å². The minimum absolute atomic E-state index is 0.00944. The number of allylic oxidation sites excluding steroid dienone is 7. The second-order valence-corrected chi connectivity index (χ2v) is 16.9. The van der Waals surface area contributed by atoms with E-state index in [1.54, 1.807) is 13.0 Å². The third kappa shape index (κ3) is 13.8. The first kappa shape index (κ1) is 43.0. The zero-order valence-electron chi connectivity index (χ0n) is 28.9. The van der Waals surface area contributed by atoms with Gasteiger partial charge >= 0.3 is 23.5 Å². The molecule has 1 aliphatic heterocycles. The summed E-state index contributed by atoms with van der Waals surface area (Å²) in [5, 5.41) is 21.9. The minimum Gasteiger partial charge on any atom is -0.387 e. The molecule has 0 aromatic carbocycles. The summed E-state index contributed by atoms with van der Waals surface area (Å²) in [4.78, 5) is 60.2. The quantitative estimate of drug-likeness (QED) is 0.0731. The van der Waals surface area contributed by atoms with Crippen molar-refractivity contribution in [1.29, 1.82) is 0 Å². The molecule has 3 unspecified atom stereocenters. The van der Waals surface area contributed by atoms with Crippen molar-refractivity contribution in [2.45, 2.75) is 110 Å². The van der Waals surface area contributed by atoms with Gasteiger partial charge in [0, 0.05) is 0 Å². The molecule has 0 aliphatic carbocycles. The average Bonchev–Trinajstić information content (AvgIpc) is 3.54. The number of imidazole rings is 1. The third-order valence-corrected chi connectivity index (χ3v) is 11.7. The Hall–Kier alpha value is -2.40. The summed E-state index contributed by atoms with van der Waals surface area (Å²) < 4.78 is 55.8. The fourth-order valence-electron chi connectivity index (χ4n) is 5.28. The maximum absolute atomic E-state index is 12.8. The number of phosphoric ester groups is 1. The molecule has 3 rings (SSSR count). The molecule has 0 spiro atoms. The van der Waals surface area contributed by atoms with E-state index in [2.05, 4.69) is 62.6 Å². The number of aliphatic hydroxyl groups is 2. The van der Waals surface area contributed by atoms with Crippen molar-refractivity contribution in [2.24, 2.45) is 0 Å². The largest absolute Gasteiger partial charge is 0.490 e. The van der Waals surface area contributed by atoms with Crippen LogP contribution in [0.5, 0.6) is 0 Å². The minimum atomic E-state index is -5.85. The smallest absolute Gasteiger partial charge is 0.387 e. The van der Waals surface area contributed by atoms with Crippen molar-refractivity contribution in [2.75, 3.05) is 0 Å².